The van der Waals surface area contributed by atoms with Crippen LogP contribution in [0.1, 0.15) is 34.6 Å². The molecule has 346 valence electrons. The minimum absolute atomic E-state index is 0. The molecular formula is C34H60Ac2N2O22-2. The second-order valence-corrected chi connectivity index (χ2v) is 16.2. The van der Waals surface area contributed by atoms with Crippen LogP contribution < -0.4 is 0 Å². The number of hydrogen-bond acceptors (Lipinski definition) is 22. The molecule has 25 atom stereocenters. The number of nitrogens with one attached hydrogen (secondary N) is 2. The SMILES string of the molecule is CC1O[C@H](O[C@H]2C(O[C@@H]3OC(CO)C(O)[C@H](O)C3OC3OC(C)[C@H](O)C(O)[C@@H]3O)C(CO)O[C@@H](OCC3O[C@@H](OC(C)(C)C)C([NH-])[C@@H](O)C3O)C2[NH-])C(O)[C@H](O)C1O.[Ac].[Ac]. The first-order chi connectivity index (χ1) is 27.1. The third kappa shape index (κ3) is 12.7. The molecule has 14 N–H and O–H groups in total. The predicted molar refractivity (Wildman–Crippen MR) is 187 cm³/mol. The van der Waals surface area contributed by atoms with Crippen molar-refractivity contribution in [3.8, 4) is 0 Å². The molecule has 5 heterocycles. The zero-order valence-corrected chi connectivity index (χ0v) is 43.1. The number of rotatable bonds is 12. The molecule has 24 nitrogen and oxygen atoms in total. The summed E-state index contributed by atoms with van der Waals surface area (Å²) < 4.78 is 58.2. The molecule has 26 heteroatoms. The monoisotopic (exact) mass is 1300 g/mol. The van der Waals surface area contributed by atoms with Gasteiger partial charge in [0, 0.05) is 88.1 Å². The van der Waals surface area contributed by atoms with Crippen LogP contribution in [-0.2, 0) is 47.4 Å². The van der Waals surface area contributed by atoms with Crippen LogP contribution in [0.25, 0.3) is 11.5 Å². The largest absolute Gasteiger partial charge is 0.668 e. The molecule has 5 rings (SSSR count). The predicted octanol–water partition coefficient (Wildman–Crippen LogP) is -5.93. The molecule has 0 spiro atoms. The van der Waals surface area contributed by atoms with Gasteiger partial charge in [-0.25, -0.2) is 0 Å². The Morgan fingerprint density at radius 1 is 0.450 bits per heavy atom. The molecule has 0 aromatic carbocycles. The molecule has 0 aliphatic carbocycles. The first kappa shape index (κ1) is 56.2. The number of aliphatic hydroxyl groups excluding tert-OH is 12. The van der Waals surface area contributed by atoms with Gasteiger partial charge in [-0.05, 0) is 34.6 Å². The van der Waals surface area contributed by atoms with E-state index in [9.17, 15) is 67.0 Å². The maximum Gasteiger partial charge on any atom is 0.187 e. The summed E-state index contributed by atoms with van der Waals surface area (Å²) in [6.07, 6.45) is -37.9. The van der Waals surface area contributed by atoms with E-state index >= 15 is 0 Å². The van der Waals surface area contributed by atoms with Crippen molar-refractivity contribution in [1.82, 2.24) is 0 Å². The topological polar surface area (TPSA) is 383 Å². The minimum atomic E-state index is -1.96. The van der Waals surface area contributed by atoms with Crippen LogP contribution in [0, 0.1) is 88.1 Å². The van der Waals surface area contributed by atoms with E-state index in [4.69, 9.17) is 53.1 Å². The second kappa shape index (κ2) is 23.8. The van der Waals surface area contributed by atoms with Crippen molar-refractivity contribution in [1.29, 1.82) is 0 Å². The Kier molecular flexibility index (Phi) is 22.3. The molecular weight excluding hydrogens is 1240 g/mol. The summed E-state index contributed by atoms with van der Waals surface area (Å²) in [5.74, 6) is 0. The van der Waals surface area contributed by atoms with Crippen LogP contribution in [0.5, 0.6) is 0 Å². The molecule has 0 bridgehead atoms. The van der Waals surface area contributed by atoms with E-state index in [1.54, 1.807) is 20.8 Å². The van der Waals surface area contributed by atoms with Gasteiger partial charge in [0.05, 0.1) is 49.8 Å². The zero-order chi connectivity index (χ0) is 43.1. The fourth-order valence-corrected chi connectivity index (χ4v) is 7.26. The van der Waals surface area contributed by atoms with Crippen molar-refractivity contribution in [2.24, 2.45) is 0 Å². The Balaban J connectivity index is 0.00000480. The van der Waals surface area contributed by atoms with Crippen molar-refractivity contribution in [2.45, 2.75) is 194 Å². The van der Waals surface area contributed by atoms with Gasteiger partial charge in [-0.1, -0.05) is 12.1 Å². The second-order valence-electron chi connectivity index (χ2n) is 16.2. The van der Waals surface area contributed by atoms with Crippen LogP contribution in [-0.4, -0.2) is 240 Å². The molecule has 5 saturated heterocycles. The molecule has 60 heavy (non-hydrogen) atoms. The average Bonchev–Trinajstić information content (AvgIpc) is 3.17. The Morgan fingerprint density at radius 3 is 1.40 bits per heavy atom. The Labute approximate surface area is 417 Å². The first-order valence-electron chi connectivity index (χ1n) is 19.1. The van der Waals surface area contributed by atoms with Gasteiger partial charge in [-0.15, -0.1) is 0 Å². The average molecular weight is 1300 g/mol. The number of ether oxygens (including phenoxy) is 10. The summed E-state index contributed by atoms with van der Waals surface area (Å²) >= 11 is 0. The molecule has 0 aromatic heterocycles. The molecule has 5 fully saturated rings. The molecule has 0 saturated carbocycles. The molecule has 5 aliphatic heterocycles. The Morgan fingerprint density at radius 2 is 0.900 bits per heavy atom. The standard InChI is InChI=1S/C34H60N2O22.2Ac/c1-9-16(39)21(44)24(47)31(50-9)56-27-15(36)29(49-8-13-19(42)20(43)14(35)30(54-13)58-34(3,4)5)53-12(7-38)26(27)55-33-28(23(46)18(41)11(6-37)52-33)57-32-25(48)22(45)17(40)10(2)51-32;;/h9-33,35-48H,6-8H2,1-5H3;;/q-2;;/t9?,10?,11?,12?,13?,14?,15?,16?,17-,18?,19?,20+,21+,22?,23-,24?,25-,26?,27+,28?,29+,30-,31+,32?,33-;;/m0../s1. The van der Waals surface area contributed by atoms with Crippen LogP contribution in [0.2, 0.25) is 0 Å². The third-order valence-corrected chi connectivity index (χ3v) is 10.7. The number of aliphatic hydroxyl groups is 12. The van der Waals surface area contributed by atoms with Gasteiger partial charge >= 0.3 is 0 Å². The molecule has 15 unspecified atom stereocenters. The van der Waals surface area contributed by atoms with E-state index in [0.29, 0.717) is 0 Å². The smallest absolute Gasteiger partial charge is 0.187 e. The van der Waals surface area contributed by atoms with Crippen LogP contribution in [0.15, 0.2) is 0 Å². The van der Waals surface area contributed by atoms with Crippen molar-refractivity contribution < 1.29 is 197 Å². The van der Waals surface area contributed by atoms with E-state index < -0.39 is 179 Å². The van der Waals surface area contributed by atoms with Crippen molar-refractivity contribution >= 4 is 0 Å². The van der Waals surface area contributed by atoms with Crippen molar-refractivity contribution in [3.63, 3.8) is 0 Å². The van der Waals surface area contributed by atoms with Crippen LogP contribution in [0.3, 0.4) is 0 Å². The Bertz CT molecular complexity index is 1300. The van der Waals surface area contributed by atoms with Crippen LogP contribution >= 0.6 is 0 Å². The van der Waals surface area contributed by atoms with E-state index in [0.717, 1.165) is 0 Å². The van der Waals surface area contributed by atoms with E-state index in [2.05, 4.69) is 0 Å². The zero-order valence-electron chi connectivity index (χ0n) is 33.7. The van der Waals surface area contributed by atoms with E-state index in [-0.39, 0.29) is 88.1 Å². The maximum atomic E-state index is 11.2. The van der Waals surface area contributed by atoms with Gasteiger partial charge in [0.25, 0.3) is 0 Å². The summed E-state index contributed by atoms with van der Waals surface area (Å²) in [5.41, 5.74) is 16.7. The fourth-order valence-electron chi connectivity index (χ4n) is 7.26. The summed E-state index contributed by atoms with van der Waals surface area (Å²) in [4.78, 5) is 0. The summed E-state index contributed by atoms with van der Waals surface area (Å²) in [7, 11) is 0. The third-order valence-electron chi connectivity index (χ3n) is 10.7. The summed E-state index contributed by atoms with van der Waals surface area (Å²) in [5, 5.41) is 127. The molecule has 5 aliphatic rings. The van der Waals surface area contributed by atoms with Gasteiger partial charge in [0.2, 0.25) is 0 Å². The van der Waals surface area contributed by atoms with E-state index in [1.807, 2.05) is 0 Å². The van der Waals surface area contributed by atoms with Crippen molar-refractivity contribution in [2.75, 3.05) is 19.8 Å². The van der Waals surface area contributed by atoms with Gasteiger partial charge in [-0.2, -0.15) is 0 Å². The number of hydrogen-bond donors (Lipinski definition) is 12. The van der Waals surface area contributed by atoms with Crippen molar-refractivity contribution in [3.05, 3.63) is 11.5 Å². The fraction of sp³-hybridized carbons (Fsp3) is 1.00. The van der Waals surface area contributed by atoms with Crippen LogP contribution in [0.4, 0.5) is 0 Å². The molecule has 0 amide bonds. The van der Waals surface area contributed by atoms with E-state index in [1.165, 1.54) is 13.8 Å². The van der Waals surface area contributed by atoms with Gasteiger partial charge in [-0.3, -0.25) is 0 Å². The quantitative estimate of drug-likeness (QED) is 0.0866. The van der Waals surface area contributed by atoms with Gasteiger partial charge in [0.1, 0.15) is 98.0 Å². The molecule has 0 aromatic rings. The maximum absolute atomic E-state index is 11.2. The Hall–Kier alpha value is 1.92. The summed E-state index contributed by atoms with van der Waals surface area (Å²) in [6.45, 7) is 5.44. The minimum Gasteiger partial charge on any atom is -0.668 e. The van der Waals surface area contributed by atoms with Gasteiger partial charge in [0.15, 0.2) is 18.9 Å². The molecule has 2 radical (unpaired) electrons. The van der Waals surface area contributed by atoms with Gasteiger partial charge < -0.3 is 120 Å². The summed E-state index contributed by atoms with van der Waals surface area (Å²) in [6, 6.07) is -3.16. The first-order valence-corrected chi connectivity index (χ1v) is 19.1. The normalized spacial score (nSPS) is 50.4.